The molecule has 1 atom stereocenters. The Morgan fingerprint density at radius 1 is 0.946 bits per heavy atom. The van der Waals surface area contributed by atoms with Gasteiger partial charge in [-0.3, -0.25) is 9.69 Å². The third-order valence-electron chi connectivity index (χ3n) is 6.60. The number of aliphatic imine (C=N–C) groups is 1. The van der Waals surface area contributed by atoms with Gasteiger partial charge >= 0.3 is 0 Å². The molecule has 0 N–H and O–H groups in total. The Morgan fingerprint density at radius 3 is 2.49 bits per heavy atom. The van der Waals surface area contributed by atoms with Crippen molar-refractivity contribution in [1.82, 2.24) is 4.90 Å². The molecule has 0 radical (unpaired) electrons. The number of thioether (sulfide) groups is 1. The first-order valence-corrected chi connectivity index (χ1v) is 13.4. The zero-order chi connectivity index (χ0) is 25.8. The molecular formula is C32H30N2O2S. The molecule has 0 bridgehead atoms. The molecule has 1 aliphatic rings. The minimum atomic E-state index is -0.0194. The van der Waals surface area contributed by atoms with Gasteiger partial charge in [-0.15, -0.1) is 0 Å². The minimum absolute atomic E-state index is 0.0194. The van der Waals surface area contributed by atoms with E-state index >= 15 is 0 Å². The molecule has 1 aliphatic heterocycles. The number of aryl methyl sites for hydroxylation is 1. The third-order valence-corrected chi connectivity index (χ3v) is 7.58. The predicted molar refractivity (Wildman–Crippen MR) is 155 cm³/mol. The number of hydrogen-bond donors (Lipinski definition) is 0. The van der Waals surface area contributed by atoms with Crippen LogP contribution in [0, 0.1) is 6.92 Å². The number of carbonyl (C=O) groups excluding carboxylic acids is 1. The first-order valence-electron chi connectivity index (χ1n) is 12.6. The monoisotopic (exact) mass is 506 g/mol. The maximum atomic E-state index is 13.5. The number of amidine groups is 1. The van der Waals surface area contributed by atoms with Crippen LogP contribution in [-0.4, -0.2) is 22.0 Å². The van der Waals surface area contributed by atoms with Crippen LogP contribution >= 0.6 is 11.8 Å². The van der Waals surface area contributed by atoms with E-state index in [1.807, 2.05) is 71.6 Å². The second-order valence-corrected chi connectivity index (χ2v) is 10.2. The number of ether oxygens (including phenoxy) is 1. The summed E-state index contributed by atoms with van der Waals surface area (Å²) in [5, 5.41) is 3.09. The lowest BCUT2D eigenvalue weighted by molar-refractivity contribution is -0.123. The molecular weight excluding hydrogens is 476 g/mol. The van der Waals surface area contributed by atoms with Gasteiger partial charge in [0.25, 0.3) is 5.91 Å². The molecule has 186 valence electrons. The maximum absolute atomic E-state index is 13.5. The van der Waals surface area contributed by atoms with Gasteiger partial charge in [-0.25, -0.2) is 4.99 Å². The Labute approximate surface area is 222 Å². The number of para-hydroxylation sites is 1. The quantitative estimate of drug-likeness (QED) is 0.238. The summed E-state index contributed by atoms with van der Waals surface area (Å²) in [7, 11) is 0. The Balaban J connectivity index is 1.43. The van der Waals surface area contributed by atoms with Crippen LogP contribution in [0.5, 0.6) is 5.75 Å². The summed E-state index contributed by atoms with van der Waals surface area (Å²) in [6.07, 6.45) is 2.77. The molecule has 4 nitrogen and oxygen atoms in total. The van der Waals surface area contributed by atoms with E-state index < -0.39 is 0 Å². The summed E-state index contributed by atoms with van der Waals surface area (Å²) in [4.78, 5) is 20.8. The van der Waals surface area contributed by atoms with E-state index in [2.05, 4.69) is 51.1 Å². The minimum Gasteiger partial charge on any atom is -0.488 e. The highest BCUT2D eigenvalue weighted by Crippen LogP contribution is 2.37. The van der Waals surface area contributed by atoms with Gasteiger partial charge in [0.15, 0.2) is 5.17 Å². The normalized spacial score (nSPS) is 16.6. The van der Waals surface area contributed by atoms with Crippen molar-refractivity contribution in [2.24, 2.45) is 4.99 Å². The van der Waals surface area contributed by atoms with Gasteiger partial charge in [-0.2, -0.15) is 0 Å². The first kappa shape index (κ1) is 24.8. The van der Waals surface area contributed by atoms with Crippen LogP contribution in [0.15, 0.2) is 101 Å². The van der Waals surface area contributed by atoms with Crippen LogP contribution in [0.4, 0.5) is 5.69 Å². The molecule has 4 aromatic rings. The zero-order valence-electron chi connectivity index (χ0n) is 21.3. The van der Waals surface area contributed by atoms with E-state index in [0.29, 0.717) is 16.7 Å². The van der Waals surface area contributed by atoms with Crippen molar-refractivity contribution in [1.29, 1.82) is 0 Å². The smallest absolute Gasteiger partial charge is 0.267 e. The SMILES string of the molecule is CC[C@H](C)N1C(=O)/C(=C\c2ccccc2OCc2cccc3ccccc23)SC1=Nc1ccc(C)cc1. The lowest BCUT2D eigenvalue weighted by Crippen LogP contribution is -2.36. The molecule has 0 saturated carbocycles. The Bertz CT molecular complexity index is 1490. The van der Waals surface area contributed by atoms with Crippen molar-refractivity contribution < 1.29 is 9.53 Å². The molecule has 0 aliphatic carbocycles. The van der Waals surface area contributed by atoms with Crippen molar-refractivity contribution in [3.05, 3.63) is 113 Å². The maximum Gasteiger partial charge on any atom is 0.267 e. The fraction of sp³-hybridized carbons (Fsp3) is 0.188. The second kappa shape index (κ2) is 11.1. The molecule has 5 rings (SSSR count). The Kier molecular flexibility index (Phi) is 7.42. The summed E-state index contributed by atoms with van der Waals surface area (Å²) in [6.45, 7) is 6.65. The number of nitrogens with zero attached hydrogens (tertiary/aromatic N) is 2. The van der Waals surface area contributed by atoms with Crippen LogP contribution in [0.2, 0.25) is 0 Å². The molecule has 1 saturated heterocycles. The third kappa shape index (κ3) is 5.47. The molecule has 0 unspecified atom stereocenters. The number of benzene rings is 4. The average molecular weight is 507 g/mol. The fourth-order valence-electron chi connectivity index (χ4n) is 4.31. The zero-order valence-corrected chi connectivity index (χ0v) is 22.2. The number of hydrogen-bond acceptors (Lipinski definition) is 4. The topological polar surface area (TPSA) is 41.9 Å². The van der Waals surface area contributed by atoms with E-state index in [4.69, 9.17) is 9.73 Å². The number of fused-ring (bicyclic) bond motifs is 1. The molecule has 1 amide bonds. The van der Waals surface area contributed by atoms with Gasteiger partial charge in [0, 0.05) is 11.6 Å². The second-order valence-electron chi connectivity index (χ2n) is 9.24. The van der Waals surface area contributed by atoms with Crippen molar-refractivity contribution >= 4 is 45.4 Å². The van der Waals surface area contributed by atoms with Crippen molar-refractivity contribution in [2.75, 3.05) is 0 Å². The molecule has 0 spiro atoms. The van der Waals surface area contributed by atoms with Gasteiger partial charge in [0.05, 0.1) is 10.6 Å². The fourth-order valence-corrected chi connectivity index (χ4v) is 5.39. The Morgan fingerprint density at radius 2 is 1.68 bits per heavy atom. The summed E-state index contributed by atoms with van der Waals surface area (Å²) in [6, 6.07) is 30.5. The Hall–Kier alpha value is -3.83. The van der Waals surface area contributed by atoms with Gasteiger partial charge in [-0.05, 0) is 72.6 Å². The van der Waals surface area contributed by atoms with Crippen LogP contribution in [0.3, 0.4) is 0 Å². The molecule has 1 fully saturated rings. The predicted octanol–water partition coefficient (Wildman–Crippen LogP) is 8.13. The summed E-state index contributed by atoms with van der Waals surface area (Å²) >= 11 is 1.42. The molecule has 4 aromatic carbocycles. The van der Waals surface area contributed by atoms with Crippen LogP contribution in [0.25, 0.3) is 16.8 Å². The van der Waals surface area contributed by atoms with Gasteiger partial charge < -0.3 is 4.74 Å². The highest BCUT2D eigenvalue weighted by Gasteiger charge is 2.36. The largest absolute Gasteiger partial charge is 0.488 e. The standard InChI is InChI=1S/C32H30N2O2S/c1-4-23(3)34-31(35)30(37-32(34)33-27-18-16-22(2)17-19-27)20-25-11-6-8-15-29(25)36-21-26-13-9-12-24-10-5-7-14-28(24)26/h5-20,23H,4,21H2,1-3H3/b30-20+,33-32?/t23-/m0/s1. The van der Waals surface area contributed by atoms with E-state index in [1.165, 1.54) is 28.1 Å². The highest BCUT2D eigenvalue weighted by molar-refractivity contribution is 8.18. The van der Waals surface area contributed by atoms with Crippen LogP contribution in [-0.2, 0) is 11.4 Å². The lowest BCUT2D eigenvalue weighted by atomic mass is 10.1. The summed E-state index contributed by atoms with van der Waals surface area (Å²) < 4.78 is 6.30. The number of amides is 1. The molecule has 0 aromatic heterocycles. The highest BCUT2D eigenvalue weighted by atomic mass is 32.2. The van der Waals surface area contributed by atoms with E-state index in [-0.39, 0.29) is 11.9 Å². The van der Waals surface area contributed by atoms with Gasteiger partial charge in [0.2, 0.25) is 0 Å². The van der Waals surface area contributed by atoms with Crippen LogP contribution in [0.1, 0.15) is 37.0 Å². The van der Waals surface area contributed by atoms with Gasteiger partial charge in [0.1, 0.15) is 12.4 Å². The first-order chi connectivity index (χ1) is 18.0. The summed E-state index contributed by atoms with van der Waals surface area (Å²) in [5.74, 6) is 0.726. The van der Waals surface area contributed by atoms with Gasteiger partial charge in [-0.1, -0.05) is 85.3 Å². The van der Waals surface area contributed by atoms with Crippen molar-refractivity contribution in [2.45, 2.75) is 39.8 Å². The molecule has 37 heavy (non-hydrogen) atoms. The van der Waals surface area contributed by atoms with Crippen LogP contribution < -0.4 is 4.74 Å². The lowest BCUT2D eigenvalue weighted by Gasteiger charge is -2.22. The molecule has 1 heterocycles. The van der Waals surface area contributed by atoms with E-state index in [1.54, 1.807) is 0 Å². The van der Waals surface area contributed by atoms with E-state index in [0.717, 1.165) is 29.0 Å². The average Bonchev–Trinajstić information content (AvgIpc) is 3.23. The van der Waals surface area contributed by atoms with Crippen molar-refractivity contribution in [3.63, 3.8) is 0 Å². The van der Waals surface area contributed by atoms with Crippen molar-refractivity contribution in [3.8, 4) is 5.75 Å². The van der Waals surface area contributed by atoms with E-state index in [9.17, 15) is 4.79 Å². The molecule has 5 heteroatoms. The number of carbonyl (C=O) groups is 1. The number of rotatable bonds is 7. The summed E-state index contributed by atoms with van der Waals surface area (Å²) in [5.41, 5.74) is 4.02.